The number of rotatable bonds is 2. The van der Waals surface area contributed by atoms with Crippen LogP contribution < -0.4 is 0 Å². The van der Waals surface area contributed by atoms with Crippen molar-refractivity contribution in [1.29, 1.82) is 0 Å². The van der Waals surface area contributed by atoms with E-state index < -0.39 is 0 Å². The van der Waals surface area contributed by atoms with Gasteiger partial charge in [0.1, 0.15) is 5.52 Å². The highest BCUT2D eigenvalue weighted by Gasteiger charge is 2.25. The lowest BCUT2D eigenvalue weighted by Gasteiger charge is -2.29. The van der Waals surface area contributed by atoms with E-state index in [9.17, 15) is 5.11 Å². The topological polar surface area (TPSA) is 60.2 Å². The Hall–Kier alpha value is -1.46. The zero-order chi connectivity index (χ0) is 13.4. The average molecular weight is 261 g/mol. The SMILES string of the molecule is Cc1cc2nnn([C@@H]3CCC[C@@H](CO)O3)c2cc1C. The van der Waals surface area contributed by atoms with Crippen LogP contribution in [0.2, 0.25) is 0 Å². The first-order chi connectivity index (χ1) is 9.19. The summed E-state index contributed by atoms with van der Waals surface area (Å²) in [5.41, 5.74) is 4.35. The molecule has 1 fully saturated rings. The fourth-order valence-electron chi connectivity index (χ4n) is 2.60. The van der Waals surface area contributed by atoms with E-state index in [1.54, 1.807) is 0 Å². The highest BCUT2D eigenvalue weighted by molar-refractivity contribution is 5.76. The van der Waals surface area contributed by atoms with Crippen molar-refractivity contribution in [2.24, 2.45) is 0 Å². The molecule has 1 saturated heterocycles. The van der Waals surface area contributed by atoms with Crippen LogP contribution in [-0.4, -0.2) is 32.8 Å². The molecule has 1 aliphatic rings. The fraction of sp³-hybridized carbons (Fsp3) is 0.571. The van der Waals surface area contributed by atoms with Crippen LogP contribution in [0, 0.1) is 13.8 Å². The third-order valence-corrected chi connectivity index (χ3v) is 3.89. The van der Waals surface area contributed by atoms with Gasteiger partial charge in [0.05, 0.1) is 18.2 Å². The molecular weight excluding hydrogens is 242 g/mol. The van der Waals surface area contributed by atoms with Gasteiger partial charge in [-0.3, -0.25) is 0 Å². The monoisotopic (exact) mass is 261 g/mol. The van der Waals surface area contributed by atoms with Crippen molar-refractivity contribution in [3.8, 4) is 0 Å². The van der Waals surface area contributed by atoms with Crippen molar-refractivity contribution in [3.63, 3.8) is 0 Å². The molecule has 2 heterocycles. The Labute approximate surface area is 112 Å². The van der Waals surface area contributed by atoms with Gasteiger partial charge in [0.15, 0.2) is 6.23 Å². The maximum absolute atomic E-state index is 9.23. The molecule has 1 N–H and O–H groups in total. The van der Waals surface area contributed by atoms with Gasteiger partial charge in [-0.1, -0.05) is 5.21 Å². The van der Waals surface area contributed by atoms with Gasteiger partial charge < -0.3 is 9.84 Å². The third kappa shape index (κ3) is 2.24. The number of ether oxygens (including phenoxy) is 1. The van der Waals surface area contributed by atoms with Crippen LogP contribution in [0.25, 0.3) is 11.0 Å². The minimum absolute atomic E-state index is 0.0707. The van der Waals surface area contributed by atoms with Crippen LogP contribution in [0.15, 0.2) is 12.1 Å². The van der Waals surface area contributed by atoms with Crippen LogP contribution in [0.1, 0.15) is 36.6 Å². The van der Waals surface area contributed by atoms with Gasteiger partial charge in [-0.25, -0.2) is 4.68 Å². The summed E-state index contributed by atoms with van der Waals surface area (Å²) in [5, 5.41) is 17.7. The van der Waals surface area contributed by atoms with Gasteiger partial charge in [-0.15, -0.1) is 5.10 Å². The van der Waals surface area contributed by atoms with E-state index in [0.717, 1.165) is 30.3 Å². The Morgan fingerprint density at radius 2 is 2.11 bits per heavy atom. The third-order valence-electron chi connectivity index (χ3n) is 3.89. The van der Waals surface area contributed by atoms with Crippen LogP contribution in [0.3, 0.4) is 0 Å². The lowest BCUT2D eigenvalue weighted by Crippen LogP contribution is -2.29. The van der Waals surface area contributed by atoms with E-state index >= 15 is 0 Å². The Balaban J connectivity index is 1.98. The van der Waals surface area contributed by atoms with Crippen LogP contribution >= 0.6 is 0 Å². The van der Waals surface area contributed by atoms with E-state index in [1.807, 2.05) is 4.68 Å². The van der Waals surface area contributed by atoms with E-state index in [4.69, 9.17) is 4.74 Å². The Morgan fingerprint density at radius 3 is 2.89 bits per heavy atom. The van der Waals surface area contributed by atoms with Gasteiger partial charge >= 0.3 is 0 Å². The van der Waals surface area contributed by atoms with Crippen molar-refractivity contribution in [2.75, 3.05) is 6.61 Å². The molecular formula is C14H19N3O2. The molecule has 102 valence electrons. The van der Waals surface area contributed by atoms with Crippen molar-refractivity contribution in [1.82, 2.24) is 15.0 Å². The average Bonchev–Trinajstić information content (AvgIpc) is 2.82. The zero-order valence-corrected chi connectivity index (χ0v) is 11.3. The standard InChI is InChI=1S/C14H19N3O2/c1-9-6-12-13(7-10(9)2)17(16-15-12)14-5-3-4-11(8-18)19-14/h6-7,11,14,18H,3-5,8H2,1-2H3/t11-,14-/m0/s1. The molecule has 0 aliphatic carbocycles. The molecule has 0 saturated carbocycles. The highest BCUT2D eigenvalue weighted by Crippen LogP contribution is 2.29. The van der Waals surface area contributed by atoms with E-state index in [0.29, 0.717) is 0 Å². The number of hydrogen-bond donors (Lipinski definition) is 1. The van der Waals surface area contributed by atoms with E-state index in [1.165, 1.54) is 11.1 Å². The minimum atomic E-state index is -0.113. The van der Waals surface area contributed by atoms with Crippen molar-refractivity contribution >= 4 is 11.0 Å². The van der Waals surface area contributed by atoms with Gasteiger partial charge in [0, 0.05) is 0 Å². The summed E-state index contributed by atoms with van der Waals surface area (Å²) in [7, 11) is 0. The molecule has 0 bridgehead atoms. The molecule has 0 amide bonds. The smallest absolute Gasteiger partial charge is 0.153 e. The predicted molar refractivity (Wildman–Crippen MR) is 71.8 cm³/mol. The lowest BCUT2D eigenvalue weighted by atomic mass is 10.1. The second-order valence-corrected chi connectivity index (χ2v) is 5.29. The maximum atomic E-state index is 9.23. The normalized spacial score (nSPS) is 23.9. The zero-order valence-electron chi connectivity index (χ0n) is 11.3. The molecule has 3 rings (SSSR count). The van der Waals surface area contributed by atoms with E-state index in [-0.39, 0.29) is 18.9 Å². The lowest BCUT2D eigenvalue weighted by molar-refractivity contribution is -0.110. The fourth-order valence-corrected chi connectivity index (χ4v) is 2.60. The molecule has 2 atom stereocenters. The Kier molecular flexibility index (Phi) is 3.24. The van der Waals surface area contributed by atoms with E-state index in [2.05, 4.69) is 36.3 Å². The largest absolute Gasteiger partial charge is 0.394 e. The highest BCUT2D eigenvalue weighted by atomic mass is 16.5. The van der Waals surface area contributed by atoms with Crippen molar-refractivity contribution < 1.29 is 9.84 Å². The summed E-state index contributed by atoms with van der Waals surface area (Å²) in [5.74, 6) is 0. The number of aliphatic hydroxyl groups is 1. The predicted octanol–water partition coefficient (Wildman–Crippen LogP) is 2.11. The number of aryl methyl sites for hydroxylation is 2. The minimum Gasteiger partial charge on any atom is -0.394 e. The second-order valence-electron chi connectivity index (χ2n) is 5.29. The molecule has 0 unspecified atom stereocenters. The summed E-state index contributed by atoms with van der Waals surface area (Å²) >= 11 is 0. The van der Waals surface area contributed by atoms with Crippen LogP contribution in [0.5, 0.6) is 0 Å². The number of hydrogen-bond acceptors (Lipinski definition) is 4. The van der Waals surface area contributed by atoms with Crippen molar-refractivity contribution in [3.05, 3.63) is 23.3 Å². The first kappa shape index (κ1) is 12.6. The first-order valence-corrected chi connectivity index (χ1v) is 6.77. The van der Waals surface area contributed by atoms with Gasteiger partial charge in [-0.2, -0.15) is 0 Å². The molecule has 2 aromatic rings. The summed E-state index contributed by atoms with van der Waals surface area (Å²) in [6.45, 7) is 4.23. The number of nitrogens with zero attached hydrogens (tertiary/aromatic N) is 3. The molecule has 1 aromatic carbocycles. The van der Waals surface area contributed by atoms with Gasteiger partial charge in [0.2, 0.25) is 0 Å². The summed E-state index contributed by atoms with van der Waals surface area (Å²) in [4.78, 5) is 0. The molecule has 0 spiro atoms. The van der Waals surface area contributed by atoms with Gasteiger partial charge in [0.25, 0.3) is 0 Å². The number of benzene rings is 1. The summed E-state index contributed by atoms with van der Waals surface area (Å²) in [6, 6.07) is 4.16. The van der Waals surface area contributed by atoms with Crippen LogP contribution in [-0.2, 0) is 4.74 Å². The van der Waals surface area contributed by atoms with Crippen LogP contribution in [0.4, 0.5) is 0 Å². The molecule has 1 aromatic heterocycles. The molecule has 1 aliphatic heterocycles. The Bertz CT molecular complexity index is 594. The second kappa shape index (κ2) is 4.90. The maximum Gasteiger partial charge on any atom is 0.153 e. The number of aliphatic hydroxyl groups excluding tert-OH is 1. The molecule has 0 radical (unpaired) electrons. The number of fused-ring (bicyclic) bond motifs is 1. The summed E-state index contributed by atoms with van der Waals surface area (Å²) in [6.07, 6.45) is 2.68. The number of aromatic nitrogens is 3. The molecule has 5 heteroatoms. The van der Waals surface area contributed by atoms with Gasteiger partial charge in [-0.05, 0) is 56.4 Å². The Morgan fingerprint density at radius 1 is 1.32 bits per heavy atom. The molecule has 19 heavy (non-hydrogen) atoms. The molecule has 5 nitrogen and oxygen atoms in total. The first-order valence-electron chi connectivity index (χ1n) is 6.77. The summed E-state index contributed by atoms with van der Waals surface area (Å²) < 4.78 is 7.72. The quantitative estimate of drug-likeness (QED) is 0.899. The van der Waals surface area contributed by atoms with Crippen molar-refractivity contribution in [2.45, 2.75) is 45.4 Å².